The van der Waals surface area contributed by atoms with Crippen molar-refractivity contribution < 1.29 is 36.6 Å². The first kappa shape index (κ1) is 38.1. The zero-order valence-electron chi connectivity index (χ0n) is 29.3. The van der Waals surface area contributed by atoms with Crippen molar-refractivity contribution in [2.75, 3.05) is 6.54 Å². The van der Waals surface area contributed by atoms with Crippen LogP contribution in [0.15, 0.2) is 106 Å². The summed E-state index contributed by atoms with van der Waals surface area (Å²) in [7, 11) is -4.02. The second-order valence-electron chi connectivity index (χ2n) is 14.5. The molecular formula is C41H44F3NO5S2. The van der Waals surface area contributed by atoms with E-state index in [0.717, 1.165) is 34.6 Å². The van der Waals surface area contributed by atoms with E-state index in [4.69, 9.17) is 0 Å². The third-order valence-electron chi connectivity index (χ3n) is 11.1. The molecule has 4 atom stereocenters. The zero-order valence-corrected chi connectivity index (χ0v) is 30.9. The molecule has 0 saturated heterocycles. The fourth-order valence-electron chi connectivity index (χ4n) is 8.03. The maximum Gasteiger partial charge on any atom is 0.416 e. The second-order valence-corrected chi connectivity index (χ2v) is 17.7. The number of benzene rings is 3. The quantitative estimate of drug-likeness (QED) is 0.139. The molecule has 52 heavy (non-hydrogen) atoms. The smallest absolute Gasteiger partial charge is 0.393 e. The van der Waals surface area contributed by atoms with Gasteiger partial charge in [0.05, 0.1) is 17.3 Å². The number of hydrogen-bond acceptors (Lipinski definition) is 6. The lowest BCUT2D eigenvalue weighted by Crippen LogP contribution is -2.53. The Bertz CT molecular complexity index is 2030. The Balaban J connectivity index is 1.47. The average Bonchev–Trinajstić information content (AvgIpc) is 3.74. The molecule has 0 spiro atoms. The number of rotatable bonds is 8. The number of halogens is 3. The molecular weight excluding hydrogens is 708 g/mol. The summed E-state index contributed by atoms with van der Waals surface area (Å²) in [6, 6.07) is 22.2. The van der Waals surface area contributed by atoms with Gasteiger partial charge in [0, 0.05) is 29.6 Å². The van der Waals surface area contributed by atoms with Crippen LogP contribution in [0, 0.1) is 5.41 Å². The largest absolute Gasteiger partial charge is 0.416 e. The number of sulfonamides is 1. The number of thiophene rings is 1. The summed E-state index contributed by atoms with van der Waals surface area (Å²) in [6.07, 6.45) is -0.177. The summed E-state index contributed by atoms with van der Waals surface area (Å²) >= 11 is 1.11. The van der Waals surface area contributed by atoms with Crippen molar-refractivity contribution >= 4 is 27.1 Å². The minimum atomic E-state index is -4.64. The normalized spacial score (nSPS) is 24.3. The van der Waals surface area contributed by atoms with Crippen LogP contribution in [0.25, 0.3) is 0 Å². The minimum Gasteiger partial charge on any atom is -0.393 e. The van der Waals surface area contributed by atoms with Crippen molar-refractivity contribution in [2.24, 2.45) is 5.41 Å². The topological polar surface area (TPSA) is 94.9 Å². The molecule has 2 bridgehead atoms. The number of allylic oxidation sites excluding steroid dienone is 2. The van der Waals surface area contributed by atoms with Crippen LogP contribution in [-0.2, 0) is 29.2 Å². The summed E-state index contributed by atoms with van der Waals surface area (Å²) < 4.78 is 71.2. The van der Waals surface area contributed by atoms with Crippen molar-refractivity contribution in [3.63, 3.8) is 0 Å². The van der Waals surface area contributed by atoms with Crippen molar-refractivity contribution in [1.82, 2.24) is 4.31 Å². The van der Waals surface area contributed by atoms with Crippen LogP contribution in [0.4, 0.5) is 13.2 Å². The fraction of sp³-hybridized carbons (Fsp3) is 0.390. The Kier molecular flexibility index (Phi) is 11.0. The number of fused-ring (bicyclic) bond motifs is 8. The zero-order chi connectivity index (χ0) is 37.3. The molecule has 11 heteroatoms. The van der Waals surface area contributed by atoms with Gasteiger partial charge < -0.3 is 10.2 Å². The van der Waals surface area contributed by atoms with E-state index >= 15 is 0 Å². The third kappa shape index (κ3) is 7.84. The summed E-state index contributed by atoms with van der Waals surface area (Å²) in [5.74, 6) is -1.02. The molecule has 1 fully saturated rings. The molecule has 0 unspecified atom stereocenters. The summed E-state index contributed by atoms with van der Waals surface area (Å²) in [4.78, 5) is 14.3. The molecule has 1 saturated carbocycles. The van der Waals surface area contributed by atoms with Crippen LogP contribution in [0.5, 0.6) is 0 Å². The Hall–Kier alpha value is -3.61. The van der Waals surface area contributed by atoms with Gasteiger partial charge in [0.1, 0.15) is 4.21 Å². The van der Waals surface area contributed by atoms with E-state index in [0.29, 0.717) is 43.2 Å². The van der Waals surface area contributed by atoms with Crippen molar-refractivity contribution in [1.29, 1.82) is 0 Å². The highest BCUT2D eigenvalue weighted by Gasteiger charge is 2.58. The first-order valence-electron chi connectivity index (χ1n) is 17.6. The number of aliphatic hydroxyl groups excluding tert-OH is 1. The van der Waals surface area contributed by atoms with Crippen LogP contribution >= 0.6 is 11.3 Å². The molecule has 4 aromatic rings. The van der Waals surface area contributed by atoms with E-state index in [1.165, 1.54) is 16.4 Å². The minimum absolute atomic E-state index is 0.0411. The number of hydrogen-bond donors (Lipinski definition) is 2. The number of ketones is 1. The van der Waals surface area contributed by atoms with E-state index < -0.39 is 50.6 Å². The third-order valence-corrected chi connectivity index (χ3v) is 14.3. The number of carbonyl (C=O) groups excluding carboxylic acids is 1. The predicted molar refractivity (Wildman–Crippen MR) is 197 cm³/mol. The van der Waals surface area contributed by atoms with Crippen LogP contribution in [0.3, 0.4) is 0 Å². The molecule has 1 heterocycles. The van der Waals surface area contributed by atoms with Gasteiger partial charge in [-0.2, -0.15) is 17.5 Å². The molecule has 0 radical (unpaired) electrons. The van der Waals surface area contributed by atoms with Gasteiger partial charge in [-0.25, -0.2) is 8.42 Å². The lowest BCUT2D eigenvalue weighted by Gasteiger charge is -2.46. The summed E-state index contributed by atoms with van der Waals surface area (Å²) in [5, 5.41) is 25.5. The Morgan fingerprint density at radius 1 is 0.981 bits per heavy atom. The molecule has 2 N–H and O–H groups in total. The number of aliphatic hydroxyl groups is 2. The maximum absolute atomic E-state index is 14.3. The van der Waals surface area contributed by atoms with E-state index in [9.17, 15) is 36.6 Å². The van der Waals surface area contributed by atoms with Crippen LogP contribution < -0.4 is 0 Å². The molecule has 1 aromatic heterocycles. The van der Waals surface area contributed by atoms with Crippen LogP contribution in [0.1, 0.15) is 96.5 Å². The Labute approximate surface area is 307 Å². The van der Waals surface area contributed by atoms with E-state index in [2.05, 4.69) is 6.08 Å². The van der Waals surface area contributed by atoms with Crippen molar-refractivity contribution in [3.05, 3.63) is 135 Å². The van der Waals surface area contributed by atoms with Gasteiger partial charge >= 0.3 is 6.18 Å². The molecule has 7 rings (SSSR count). The summed E-state index contributed by atoms with van der Waals surface area (Å²) in [6.45, 7) is 3.81. The van der Waals surface area contributed by atoms with Gasteiger partial charge in [-0.15, -0.1) is 11.3 Å². The lowest BCUT2D eigenvalue weighted by molar-refractivity contribution is -0.137. The van der Waals surface area contributed by atoms with E-state index in [1.54, 1.807) is 23.6 Å². The molecule has 0 aliphatic heterocycles. The van der Waals surface area contributed by atoms with E-state index in [1.807, 2.05) is 56.3 Å². The van der Waals surface area contributed by atoms with Gasteiger partial charge in [-0.3, -0.25) is 4.79 Å². The molecule has 6 nitrogen and oxygen atoms in total. The van der Waals surface area contributed by atoms with Gasteiger partial charge in [-0.05, 0) is 104 Å². The summed E-state index contributed by atoms with van der Waals surface area (Å²) in [5.41, 5.74) is -0.191. The fourth-order valence-corrected chi connectivity index (χ4v) is 10.7. The second kappa shape index (κ2) is 15.0. The van der Waals surface area contributed by atoms with Crippen molar-refractivity contribution in [3.8, 4) is 0 Å². The van der Waals surface area contributed by atoms with Crippen LogP contribution in [0.2, 0.25) is 0 Å². The van der Waals surface area contributed by atoms with Crippen LogP contribution in [-0.4, -0.2) is 47.0 Å². The van der Waals surface area contributed by atoms with Gasteiger partial charge in [0.25, 0.3) is 10.0 Å². The van der Waals surface area contributed by atoms with Gasteiger partial charge in [0.2, 0.25) is 0 Å². The van der Waals surface area contributed by atoms with Crippen molar-refractivity contribution in [2.45, 2.75) is 93.3 Å². The number of carbonyl (C=O) groups is 1. The van der Waals surface area contributed by atoms with Gasteiger partial charge in [0.15, 0.2) is 5.78 Å². The standard InChI is InChI=1S/C41H44F3NO5S2/c1-28-9-7-20-39(2)36(19-21-40(39,48)27-45(26-29-10-4-3-5-11-29)52(49,50)37-14-8-22-51-37)34-18-16-30(23-33(46)17-15-28)24-35(34)38(47)31-12-6-13-32(25-31)41(42,43)44/h3-6,8-14,16,18,22,24-25,33,36,46,48H,7,15,17,19-21,23,26-27H2,1-2H3/t33-,36-,39-,40+/m0/s1. The number of nitrogens with zero attached hydrogens (tertiary/aromatic N) is 1. The molecule has 3 aliphatic carbocycles. The first-order valence-corrected chi connectivity index (χ1v) is 19.9. The highest BCUT2D eigenvalue weighted by atomic mass is 32.2. The highest BCUT2D eigenvalue weighted by molar-refractivity contribution is 7.91. The molecule has 3 aromatic carbocycles. The average molecular weight is 752 g/mol. The monoisotopic (exact) mass is 751 g/mol. The molecule has 276 valence electrons. The lowest BCUT2D eigenvalue weighted by atomic mass is 9.64. The highest BCUT2D eigenvalue weighted by Crippen LogP contribution is 2.59. The van der Waals surface area contributed by atoms with E-state index in [-0.39, 0.29) is 41.3 Å². The Morgan fingerprint density at radius 2 is 1.75 bits per heavy atom. The maximum atomic E-state index is 14.3. The SMILES string of the molecule is CC1=CCC[C@@]2(C)[C@@H](CC[C@@]2(O)CN(Cc2ccccc2)S(=O)(=O)c2cccs2)c2ccc(cc2C(=O)c2cccc(C(F)(F)F)c2)C[C@@H](O)CC1. The molecule has 0 amide bonds. The molecule has 3 aliphatic rings. The Morgan fingerprint density at radius 3 is 2.46 bits per heavy atom. The predicted octanol–water partition coefficient (Wildman–Crippen LogP) is 8.93. The number of alkyl halides is 3. The van der Waals surface area contributed by atoms with Gasteiger partial charge in [-0.1, -0.05) is 79.2 Å². The first-order chi connectivity index (χ1) is 24.6.